The van der Waals surface area contributed by atoms with E-state index in [0.717, 1.165) is 36.5 Å². The van der Waals surface area contributed by atoms with Crippen LogP contribution in [-0.4, -0.2) is 56.3 Å². The van der Waals surface area contributed by atoms with Crippen molar-refractivity contribution in [1.29, 1.82) is 0 Å². The van der Waals surface area contributed by atoms with Gasteiger partial charge >= 0.3 is 12.1 Å². The van der Waals surface area contributed by atoms with E-state index in [-0.39, 0.29) is 30.6 Å². The molecule has 2 aromatic heterocycles. The van der Waals surface area contributed by atoms with Crippen molar-refractivity contribution in [3.8, 4) is 0 Å². The molecule has 1 aromatic carbocycles. The van der Waals surface area contributed by atoms with E-state index in [2.05, 4.69) is 15.6 Å². The van der Waals surface area contributed by atoms with Crippen LogP contribution < -0.4 is 10.6 Å². The molecule has 220 valence electrons. The van der Waals surface area contributed by atoms with Gasteiger partial charge in [-0.3, -0.25) is 10.1 Å². The van der Waals surface area contributed by atoms with Crippen molar-refractivity contribution in [2.45, 2.75) is 56.3 Å². The SMILES string of the molecule is O=C(O)[C@H](Cc1ccc(F)cc1)NC(=O)[C@@H]1CCC(S(=O)(=O)c2ccc(S(=O)(=O)c3ncccc3C(F)(F)F)s2)N1. The summed E-state index contributed by atoms with van der Waals surface area (Å²) in [6.45, 7) is 0. The molecule has 1 aliphatic rings. The number of aromatic nitrogens is 1. The zero-order chi connectivity index (χ0) is 30.2. The van der Waals surface area contributed by atoms with Gasteiger partial charge in [-0.05, 0) is 54.8 Å². The summed E-state index contributed by atoms with van der Waals surface area (Å²) in [5, 5.41) is 11.8. The van der Waals surface area contributed by atoms with Gasteiger partial charge in [0, 0.05) is 12.6 Å². The number of benzene rings is 1. The van der Waals surface area contributed by atoms with Gasteiger partial charge in [-0.15, -0.1) is 11.3 Å². The lowest BCUT2D eigenvalue weighted by atomic mass is 10.1. The molecule has 3 heterocycles. The van der Waals surface area contributed by atoms with E-state index in [1.54, 1.807) is 0 Å². The monoisotopic (exact) mass is 635 g/mol. The van der Waals surface area contributed by atoms with Crippen LogP contribution >= 0.6 is 11.3 Å². The number of halogens is 4. The number of carbonyl (C=O) groups is 2. The first-order valence-corrected chi connectivity index (χ1v) is 15.6. The number of carboxylic acids is 1. The van der Waals surface area contributed by atoms with Gasteiger partial charge in [-0.2, -0.15) is 13.2 Å². The van der Waals surface area contributed by atoms with Crippen LogP contribution in [0.4, 0.5) is 17.6 Å². The number of nitrogens with zero attached hydrogens (tertiary/aromatic N) is 1. The van der Waals surface area contributed by atoms with Crippen LogP contribution in [0, 0.1) is 5.82 Å². The number of pyridine rings is 1. The lowest BCUT2D eigenvalue weighted by Crippen LogP contribution is -2.50. The second kappa shape index (κ2) is 11.5. The fourth-order valence-electron chi connectivity index (χ4n) is 4.15. The highest BCUT2D eigenvalue weighted by Gasteiger charge is 2.42. The maximum Gasteiger partial charge on any atom is 0.419 e. The quantitative estimate of drug-likeness (QED) is 0.301. The molecule has 1 aliphatic heterocycles. The standard InChI is InChI=1S/C24H21F4N3O7S3/c25-14-5-3-13(4-6-14)12-17(23(33)34)31-21(32)16-7-8-18(30-16)40(35,36)19-9-10-20(39-19)41(37,38)22-15(24(26,27)28)2-1-11-29-22/h1-6,9-11,16-18,30H,7-8,12H2,(H,31,32)(H,33,34)/t16-,17-,18?/m0/s1. The third-order valence-electron chi connectivity index (χ3n) is 6.20. The molecular weight excluding hydrogens is 614 g/mol. The van der Waals surface area contributed by atoms with E-state index in [4.69, 9.17) is 0 Å². The number of hydrogen-bond acceptors (Lipinski definition) is 9. The van der Waals surface area contributed by atoms with Gasteiger partial charge in [-0.25, -0.2) is 31.0 Å². The van der Waals surface area contributed by atoms with Gasteiger partial charge < -0.3 is 10.4 Å². The molecule has 3 aromatic rings. The van der Waals surface area contributed by atoms with Crippen LogP contribution in [0.25, 0.3) is 0 Å². The summed E-state index contributed by atoms with van der Waals surface area (Å²) in [6, 6.07) is 5.80. The molecule has 0 saturated carbocycles. The number of hydrogen-bond donors (Lipinski definition) is 3. The third kappa shape index (κ3) is 6.58. The molecule has 1 saturated heterocycles. The van der Waals surface area contributed by atoms with Gasteiger partial charge in [0.05, 0.1) is 11.6 Å². The zero-order valence-electron chi connectivity index (χ0n) is 20.6. The Morgan fingerprint density at radius 1 is 1.05 bits per heavy atom. The second-order valence-corrected chi connectivity index (χ2v) is 14.5. The normalized spacial score (nSPS) is 18.6. The number of nitrogens with one attached hydrogen (secondary N) is 2. The predicted molar refractivity (Wildman–Crippen MR) is 136 cm³/mol. The highest BCUT2D eigenvalue weighted by atomic mass is 32.3. The van der Waals surface area contributed by atoms with Crippen molar-refractivity contribution in [2.24, 2.45) is 0 Å². The van der Waals surface area contributed by atoms with E-state index in [9.17, 15) is 49.1 Å². The van der Waals surface area contributed by atoms with Crippen molar-refractivity contribution in [3.63, 3.8) is 0 Å². The zero-order valence-corrected chi connectivity index (χ0v) is 23.1. The Hall–Kier alpha value is -3.41. The molecule has 4 rings (SSSR count). The maximum absolute atomic E-state index is 13.4. The van der Waals surface area contributed by atoms with Gasteiger partial charge in [0.15, 0.2) is 5.03 Å². The summed E-state index contributed by atoms with van der Waals surface area (Å²) in [7, 11) is -9.12. The van der Waals surface area contributed by atoms with Crippen LogP contribution in [0.2, 0.25) is 0 Å². The number of sulfone groups is 2. The predicted octanol–water partition coefficient (Wildman–Crippen LogP) is 2.80. The van der Waals surface area contributed by atoms with Gasteiger partial charge in [0.2, 0.25) is 25.6 Å². The van der Waals surface area contributed by atoms with Crippen LogP contribution in [0.3, 0.4) is 0 Å². The molecule has 1 fully saturated rings. The molecule has 17 heteroatoms. The molecule has 0 bridgehead atoms. The number of amides is 1. The van der Waals surface area contributed by atoms with Crippen molar-refractivity contribution >= 4 is 42.9 Å². The van der Waals surface area contributed by atoms with Crippen molar-refractivity contribution in [1.82, 2.24) is 15.6 Å². The average molecular weight is 636 g/mol. The minimum Gasteiger partial charge on any atom is -0.480 e. The topological polar surface area (TPSA) is 160 Å². The summed E-state index contributed by atoms with van der Waals surface area (Å²) < 4.78 is 104. The second-order valence-electron chi connectivity index (χ2n) is 8.99. The van der Waals surface area contributed by atoms with Gasteiger partial charge in [0.1, 0.15) is 25.7 Å². The Bertz CT molecular complexity index is 1670. The number of thiophene rings is 1. The molecule has 0 radical (unpaired) electrons. The Labute approximate surface area is 235 Å². The minimum atomic E-state index is -5.02. The van der Waals surface area contributed by atoms with Crippen LogP contribution in [0.1, 0.15) is 24.0 Å². The summed E-state index contributed by atoms with van der Waals surface area (Å²) in [5.74, 6) is -2.68. The van der Waals surface area contributed by atoms with E-state index >= 15 is 0 Å². The van der Waals surface area contributed by atoms with Crippen molar-refractivity contribution < 1.29 is 49.1 Å². The number of rotatable bonds is 9. The number of aliphatic carboxylic acids is 1. The summed E-state index contributed by atoms with van der Waals surface area (Å²) in [6.07, 6.45) is -4.40. The first-order valence-electron chi connectivity index (χ1n) is 11.8. The fraction of sp³-hybridized carbons (Fsp3) is 0.292. The molecule has 0 spiro atoms. The largest absolute Gasteiger partial charge is 0.480 e. The van der Waals surface area contributed by atoms with Gasteiger partial charge in [0.25, 0.3) is 0 Å². The molecular formula is C24H21F4N3O7S3. The first-order chi connectivity index (χ1) is 19.1. The number of carboxylic acid groups (broad SMARTS) is 1. The smallest absolute Gasteiger partial charge is 0.419 e. The maximum atomic E-state index is 13.4. The minimum absolute atomic E-state index is 0.00196. The Morgan fingerprint density at radius 2 is 1.71 bits per heavy atom. The Kier molecular flexibility index (Phi) is 8.54. The summed E-state index contributed by atoms with van der Waals surface area (Å²) in [5.41, 5.74) is -1.06. The highest BCUT2D eigenvalue weighted by Crippen LogP contribution is 2.38. The Morgan fingerprint density at radius 3 is 2.34 bits per heavy atom. The van der Waals surface area contributed by atoms with Crippen LogP contribution in [0.15, 0.2) is 68.2 Å². The molecule has 0 aliphatic carbocycles. The Balaban J connectivity index is 1.48. The summed E-state index contributed by atoms with van der Waals surface area (Å²) >= 11 is 0.246. The first kappa shape index (κ1) is 30.5. The van der Waals surface area contributed by atoms with Crippen molar-refractivity contribution in [3.05, 3.63) is 71.7 Å². The average Bonchev–Trinajstić information content (AvgIpc) is 3.61. The fourth-order valence-corrected chi connectivity index (χ4v) is 9.24. The number of alkyl halides is 3. The third-order valence-corrected chi connectivity index (χ3v) is 12.0. The van der Waals surface area contributed by atoms with Crippen molar-refractivity contribution in [2.75, 3.05) is 0 Å². The van der Waals surface area contributed by atoms with Gasteiger partial charge in [-0.1, -0.05) is 12.1 Å². The highest BCUT2D eigenvalue weighted by molar-refractivity contribution is 7.96. The van der Waals surface area contributed by atoms with Crippen LogP contribution in [-0.2, 0) is 41.9 Å². The van der Waals surface area contributed by atoms with Crippen LogP contribution in [0.5, 0.6) is 0 Å². The van der Waals surface area contributed by atoms with E-state index in [1.165, 1.54) is 12.1 Å². The van der Waals surface area contributed by atoms with E-state index < -0.39 is 80.0 Å². The lowest BCUT2D eigenvalue weighted by molar-refractivity contribution is -0.142. The molecule has 3 atom stereocenters. The lowest BCUT2D eigenvalue weighted by Gasteiger charge is -2.18. The molecule has 3 N–H and O–H groups in total. The van der Waals surface area contributed by atoms with E-state index in [0.29, 0.717) is 11.6 Å². The molecule has 1 unspecified atom stereocenters. The molecule has 41 heavy (non-hydrogen) atoms. The van der Waals surface area contributed by atoms with E-state index in [1.807, 2.05) is 0 Å². The summed E-state index contributed by atoms with van der Waals surface area (Å²) in [4.78, 5) is 27.8. The molecule has 1 amide bonds. The molecule has 10 nitrogen and oxygen atoms in total. The number of carbonyl (C=O) groups excluding carboxylic acids is 1.